The fourth-order valence-corrected chi connectivity index (χ4v) is 3.18. The maximum atomic E-state index is 12.3. The van der Waals surface area contributed by atoms with Gasteiger partial charge < -0.3 is 9.88 Å². The van der Waals surface area contributed by atoms with Crippen molar-refractivity contribution in [3.8, 4) is 0 Å². The van der Waals surface area contributed by atoms with Crippen LogP contribution >= 0.6 is 0 Å². The highest BCUT2D eigenvalue weighted by molar-refractivity contribution is 5.94. The molecule has 1 unspecified atom stereocenters. The maximum Gasteiger partial charge on any atom is 0.251 e. The zero-order valence-electron chi connectivity index (χ0n) is 13.0. The summed E-state index contributed by atoms with van der Waals surface area (Å²) in [7, 11) is 2.07. The predicted molar refractivity (Wildman–Crippen MR) is 87.7 cm³/mol. The highest BCUT2D eigenvalue weighted by atomic mass is 16.1. The standard InChI is InChI=1S/C18H23N3O/c1-20-11-7-10-16(20)17(21-12-5-6-13-21)14-19-18(22)15-8-3-2-4-9-15/h2-4,7-11,17H,5-6,12-14H2,1H3,(H,19,22). The van der Waals surface area contributed by atoms with E-state index in [1.165, 1.54) is 18.5 Å². The van der Waals surface area contributed by atoms with Crippen molar-refractivity contribution in [3.63, 3.8) is 0 Å². The molecule has 0 bridgehead atoms. The molecule has 4 nitrogen and oxygen atoms in total. The minimum absolute atomic E-state index is 0.000920. The number of amides is 1. The lowest BCUT2D eigenvalue weighted by molar-refractivity contribution is 0.0936. The molecule has 4 heteroatoms. The van der Waals surface area contributed by atoms with Crippen LogP contribution in [-0.4, -0.2) is 35.0 Å². The molecule has 0 saturated carbocycles. The van der Waals surface area contributed by atoms with Crippen molar-refractivity contribution in [2.45, 2.75) is 18.9 Å². The summed E-state index contributed by atoms with van der Waals surface area (Å²) in [6, 6.07) is 13.9. The number of benzene rings is 1. The third-order valence-electron chi connectivity index (χ3n) is 4.40. The summed E-state index contributed by atoms with van der Waals surface area (Å²) in [6.07, 6.45) is 4.55. The van der Waals surface area contributed by atoms with E-state index in [0.29, 0.717) is 6.54 Å². The molecule has 1 aromatic carbocycles. The van der Waals surface area contributed by atoms with Crippen LogP contribution in [0.1, 0.15) is 34.9 Å². The van der Waals surface area contributed by atoms with E-state index in [2.05, 4.69) is 40.2 Å². The van der Waals surface area contributed by atoms with Crippen molar-refractivity contribution in [1.82, 2.24) is 14.8 Å². The average molecular weight is 297 g/mol. The zero-order chi connectivity index (χ0) is 15.4. The van der Waals surface area contributed by atoms with Gasteiger partial charge in [0.05, 0.1) is 6.04 Å². The third-order valence-corrected chi connectivity index (χ3v) is 4.40. The third kappa shape index (κ3) is 3.22. The van der Waals surface area contributed by atoms with Crippen LogP contribution in [0.5, 0.6) is 0 Å². The Morgan fingerprint density at radius 3 is 2.50 bits per heavy atom. The molecule has 2 heterocycles. The first kappa shape index (κ1) is 14.9. The van der Waals surface area contributed by atoms with Crippen molar-refractivity contribution in [3.05, 3.63) is 59.9 Å². The van der Waals surface area contributed by atoms with Gasteiger partial charge in [-0.05, 0) is 50.2 Å². The number of carbonyl (C=O) groups excluding carboxylic acids is 1. The molecular formula is C18H23N3O. The van der Waals surface area contributed by atoms with E-state index < -0.39 is 0 Å². The van der Waals surface area contributed by atoms with Gasteiger partial charge in [0.1, 0.15) is 0 Å². The number of aryl methyl sites for hydroxylation is 1. The van der Waals surface area contributed by atoms with Crippen molar-refractivity contribution in [2.75, 3.05) is 19.6 Å². The first-order valence-corrected chi connectivity index (χ1v) is 7.94. The molecular weight excluding hydrogens is 274 g/mol. The molecule has 1 fully saturated rings. The molecule has 1 atom stereocenters. The normalized spacial score (nSPS) is 16.6. The zero-order valence-corrected chi connectivity index (χ0v) is 13.0. The van der Waals surface area contributed by atoms with Gasteiger partial charge in [0.15, 0.2) is 0 Å². The number of likely N-dealkylation sites (tertiary alicyclic amines) is 1. The van der Waals surface area contributed by atoms with Crippen LogP contribution in [0.25, 0.3) is 0 Å². The van der Waals surface area contributed by atoms with Crippen molar-refractivity contribution in [1.29, 1.82) is 0 Å². The Morgan fingerprint density at radius 1 is 1.14 bits per heavy atom. The van der Waals surface area contributed by atoms with Gasteiger partial charge in [0.25, 0.3) is 5.91 Å². The van der Waals surface area contributed by atoms with Crippen LogP contribution in [0.15, 0.2) is 48.7 Å². The summed E-state index contributed by atoms with van der Waals surface area (Å²) in [6.45, 7) is 2.86. The second kappa shape index (κ2) is 6.79. The molecule has 22 heavy (non-hydrogen) atoms. The minimum Gasteiger partial charge on any atom is -0.353 e. The predicted octanol–water partition coefficient (Wildman–Crippen LogP) is 2.59. The number of nitrogens with zero attached hydrogens (tertiary/aromatic N) is 2. The van der Waals surface area contributed by atoms with Crippen LogP contribution in [0.4, 0.5) is 0 Å². The number of hydrogen-bond donors (Lipinski definition) is 1. The topological polar surface area (TPSA) is 37.3 Å². The van der Waals surface area contributed by atoms with Crippen molar-refractivity contribution in [2.24, 2.45) is 7.05 Å². The highest BCUT2D eigenvalue weighted by Gasteiger charge is 2.25. The van der Waals surface area contributed by atoms with E-state index in [9.17, 15) is 4.79 Å². The highest BCUT2D eigenvalue weighted by Crippen LogP contribution is 2.24. The van der Waals surface area contributed by atoms with Gasteiger partial charge in [-0.2, -0.15) is 0 Å². The van der Waals surface area contributed by atoms with Crippen LogP contribution in [0.2, 0.25) is 0 Å². The van der Waals surface area contributed by atoms with E-state index in [0.717, 1.165) is 18.7 Å². The fourth-order valence-electron chi connectivity index (χ4n) is 3.18. The molecule has 1 saturated heterocycles. The van der Waals surface area contributed by atoms with Crippen LogP contribution in [-0.2, 0) is 7.05 Å². The minimum atomic E-state index is -0.000920. The lowest BCUT2D eigenvalue weighted by Gasteiger charge is -2.28. The summed E-state index contributed by atoms with van der Waals surface area (Å²) in [5.41, 5.74) is 1.98. The molecule has 1 aliphatic heterocycles. The Balaban J connectivity index is 1.71. The number of rotatable bonds is 5. The quantitative estimate of drug-likeness (QED) is 0.921. The van der Waals surface area contributed by atoms with E-state index in [1.54, 1.807) is 0 Å². The number of carbonyl (C=O) groups is 1. The summed E-state index contributed by atoms with van der Waals surface area (Å²) < 4.78 is 2.15. The molecule has 3 rings (SSSR count). The lowest BCUT2D eigenvalue weighted by Crippen LogP contribution is -2.37. The van der Waals surface area contributed by atoms with Crippen LogP contribution in [0.3, 0.4) is 0 Å². The molecule has 1 aromatic heterocycles. The number of aromatic nitrogens is 1. The van der Waals surface area contributed by atoms with E-state index in [1.807, 2.05) is 30.3 Å². The molecule has 1 amide bonds. The van der Waals surface area contributed by atoms with E-state index in [-0.39, 0.29) is 11.9 Å². The van der Waals surface area contributed by atoms with Gasteiger partial charge in [-0.1, -0.05) is 18.2 Å². The van der Waals surface area contributed by atoms with Gasteiger partial charge in [-0.15, -0.1) is 0 Å². The molecule has 2 aromatic rings. The lowest BCUT2D eigenvalue weighted by atomic mass is 10.1. The van der Waals surface area contributed by atoms with Gasteiger partial charge in [0.2, 0.25) is 0 Å². The fraction of sp³-hybridized carbons (Fsp3) is 0.389. The van der Waals surface area contributed by atoms with Gasteiger partial charge in [-0.25, -0.2) is 0 Å². The molecule has 1 aliphatic rings. The number of hydrogen-bond acceptors (Lipinski definition) is 2. The Hall–Kier alpha value is -2.07. The van der Waals surface area contributed by atoms with Gasteiger partial charge in [-0.3, -0.25) is 9.69 Å². The SMILES string of the molecule is Cn1cccc1C(CNC(=O)c1ccccc1)N1CCCC1. The monoisotopic (exact) mass is 297 g/mol. The van der Waals surface area contributed by atoms with Gasteiger partial charge >= 0.3 is 0 Å². The van der Waals surface area contributed by atoms with Gasteiger partial charge in [0, 0.05) is 31.0 Å². The largest absolute Gasteiger partial charge is 0.353 e. The summed E-state index contributed by atoms with van der Waals surface area (Å²) in [4.78, 5) is 14.8. The summed E-state index contributed by atoms with van der Waals surface area (Å²) in [5, 5.41) is 3.10. The van der Waals surface area contributed by atoms with Crippen LogP contribution < -0.4 is 5.32 Å². The second-order valence-electron chi connectivity index (χ2n) is 5.88. The Labute approximate surface area is 131 Å². The second-order valence-corrected chi connectivity index (χ2v) is 5.88. The first-order valence-electron chi connectivity index (χ1n) is 7.94. The first-order chi connectivity index (χ1) is 10.8. The van der Waals surface area contributed by atoms with E-state index in [4.69, 9.17) is 0 Å². The maximum absolute atomic E-state index is 12.3. The molecule has 0 spiro atoms. The molecule has 1 N–H and O–H groups in total. The summed E-state index contributed by atoms with van der Waals surface area (Å²) >= 11 is 0. The van der Waals surface area contributed by atoms with Crippen molar-refractivity contribution < 1.29 is 4.79 Å². The average Bonchev–Trinajstić information content (AvgIpc) is 3.21. The molecule has 116 valence electrons. The molecule has 0 radical (unpaired) electrons. The van der Waals surface area contributed by atoms with Crippen LogP contribution in [0, 0.1) is 0 Å². The number of nitrogens with one attached hydrogen (secondary N) is 1. The Morgan fingerprint density at radius 2 is 1.86 bits per heavy atom. The Bertz CT molecular complexity index is 614. The van der Waals surface area contributed by atoms with E-state index >= 15 is 0 Å². The molecule has 0 aliphatic carbocycles. The Kier molecular flexibility index (Phi) is 4.59. The smallest absolute Gasteiger partial charge is 0.251 e. The van der Waals surface area contributed by atoms with Crippen molar-refractivity contribution >= 4 is 5.91 Å². The summed E-state index contributed by atoms with van der Waals surface area (Å²) in [5.74, 6) is -0.000920.